The number of carbonyl (C=O) groups is 2. The third kappa shape index (κ3) is 4.15. The Balaban J connectivity index is 2.26. The van der Waals surface area contributed by atoms with Crippen LogP contribution in [0.2, 0.25) is 0 Å². The van der Waals surface area contributed by atoms with Crippen LogP contribution in [0, 0.1) is 0 Å². The monoisotopic (exact) mass is 236 g/mol. The van der Waals surface area contributed by atoms with Gasteiger partial charge in [-0.3, -0.25) is 9.52 Å². The molecule has 2 amide bonds. The molecule has 0 atom stereocenters. The Hall–Kier alpha value is -1.31. The van der Waals surface area contributed by atoms with Gasteiger partial charge in [0.1, 0.15) is 6.61 Å². The van der Waals surface area contributed by atoms with Crippen LogP contribution in [0.3, 0.4) is 0 Å². The van der Waals surface area contributed by atoms with E-state index in [-0.39, 0.29) is 13.0 Å². The molecule has 0 bridgehead atoms. The Morgan fingerprint density at radius 2 is 2.00 bits per heavy atom. The van der Waals surface area contributed by atoms with E-state index in [1.165, 1.54) is 0 Å². The molecule has 0 aromatic heterocycles. The molecule has 86 valence electrons. The second-order valence-electron chi connectivity index (χ2n) is 3.19. The second kappa shape index (κ2) is 4.47. The van der Waals surface area contributed by atoms with Gasteiger partial charge in [-0.05, 0) is 12.8 Å². The van der Waals surface area contributed by atoms with Crippen molar-refractivity contribution in [2.24, 2.45) is 5.73 Å². The highest BCUT2D eigenvalue weighted by Crippen LogP contribution is 2.27. The molecule has 0 unspecified atom stereocenters. The van der Waals surface area contributed by atoms with E-state index in [0.717, 1.165) is 0 Å². The smallest absolute Gasteiger partial charge is 0.404 e. The molecule has 0 aliphatic heterocycles. The Morgan fingerprint density at radius 1 is 1.40 bits per heavy atom. The first-order valence-electron chi connectivity index (χ1n) is 4.38. The first-order chi connectivity index (χ1) is 6.92. The van der Waals surface area contributed by atoms with E-state index in [4.69, 9.17) is 0 Å². The quantitative estimate of drug-likeness (QED) is 0.640. The van der Waals surface area contributed by atoms with Crippen molar-refractivity contribution < 1.29 is 22.7 Å². The van der Waals surface area contributed by atoms with Gasteiger partial charge in [0.15, 0.2) is 0 Å². The van der Waals surface area contributed by atoms with Crippen LogP contribution in [0.4, 0.5) is 4.79 Å². The molecular formula is C7H12N2O5S. The minimum absolute atomic E-state index is 0.213. The predicted octanol–water partition coefficient (Wildman–Crippen LogP) is -0.920. The molecular weight excluding hydrogens is 224 g/mol. The number of hydrogen-bond acceptors (Lipinski definition) is 5. The summed E-state index contributed by atoms with van der Waals surface area (Å²) in [7, 11) is -3.51. The number of amides is 2. The van der Waals surface area contributed by atoms with Crippen molar-refractivity contribution in [1.29, 1.82) is 0 Å². The molecule has 0 radical (unpaired) electrons. The summed E-state index contributed by atoms with van der Waals surface area (Å²) in [5.74, 6) is -0.692. The van der Waals surface area contributed by atoms with E-state index < -0.39 is 27.3 Å². The van der Waals surface area contributed by atoms with Gasteiger partial charge in [-0.15, -0.1) is 0 Å². The van der Waals surface area contributed by atoms with Crippen molar-refractivity contribution in [3.63, 3.8) is 0 Å². The maximum atomic E-state index is 11.2. The van der Waals surface area contributed by atoms with Crippen LogP contribution in [-0.4, -0.2) is 32.3 Å². The van der Waals surface area contributed by atoms with E-state index >= 15 is 0 Å². The summed E-state index contributed by atoms with van der Waals surface area (Å²) >= 11 is 0. The average Bonchev–Trinajstić information content (AvgIpc) is 2.83. The minimum Gasteiger partial charge on any atom is -0.449 e. The van der Waals surface area contributed by atoms with Gasteiger partial charge in [0.05, 0.1) is 11.7 Å². The fraction of sp³-hybridized carbons (Fsp3) is 0.714. The Labute approximate surface area is 87.0 Å². The number of carbonyl (C=O) groups excluding carboxylic acids is 2. The van der Waals surface area contributed by atoms with Gasteiger partial charge in [0.2, 0.25) is 15.9 Å². The van der Waals surface area contributed by atoms with Crippen molar-refractivity contribution in [2.75, 3.05) is 6.61 Å². The fourth-order valence-electron chi connectivity index (χ4n) is 0.916. The van der Waals surface area contributed by atoms with Crippen LogP contribution in [0.15, 0.2) is 0 Å². The number of ether oxygens (including phenoxy) is 1. The van der Waals surface area contributed by atoms with Crippen molar-refractivity contribution >= 4 is 22.0 Å². The van der Waals surface area contributed by atoms with Gasteiger partial charge in [-0.2, -0.15) is 0 Å². The van der Waals surface area contributed by atoms with Gasteiger partial charge < -0.3 is 10.5 Å². The van der Waals surface area contributed by atoms with E-state index in [1.54, 1.807) is 0 Å². The normalized spacial score (nSPS) is 15.7. The molecule has 0 saturated heterocycles. The molecule has 7 nitrogen and oxygen atoms in total. The zero-order valence-corrected chi connectivity index (χ0v) is 8.75. The average molecular weight is 236 g/mol. The topological polar surface area (TPSA) is 116 Å². The van der Waals surface area contributed by atoms with Crippen LogP contribution in [-0.2, 0) is 19.6 Å². The molecule has 0 aromatic carbocycles. The number of hydrogen-bond donors (Lipinski definition) is 2. The first kappa shape index (κ1) is 11.8. The molecule has 1 aliphatic rings. The third-order valence-electron chi connectivity index (χ3n) is 1.79. The molecule has 0 heterocycles. The molecule has 8 heteroatoms. The number of rotatable bonds is 5. The lowest BCUT2D eigenvalue weighted by atomic mass is 10.4. The van der Waals surface area contributed by atoms with E-state index in [0.29, 0.717) is 12.8 Å². The van der Waals surface area contributed by atoms with Gasteiger partial charge in [-0.1, -0.05) is 0 Å². The van der Waals surface area contributed by atoms with Crippen LogP contribution in [0.1, 0.15) is 19.3 Å². The van der Waals surface area contributed by atoms with Gasteiger partial charge in [-0.25, -0.2) is 13.2 Å². The summed E-state index contributed by atoms with van der Waals surface area (Å²) in [5.41, 5.74) is 4.65. The molecule has 1 aliphatic carbocycles. The lowest BCUT2D eigenvalue weighted by molar-refractivity contribution is -0.119. The summed E-state index contributed by atoms with van der Waals surface area (Å²) in [5, 5.41) is -0.446. The number of primary amides is 1. The first-order valence-corrected chi connectivity index (χ1v) is 5.93. The number of nitrogens with one attached hydrogen (secondary N) is 1. The van der Waals surface area contributed by atoms with Gasteiger partial charge in [0, 0.05) is 0 Å². The Kier molecular flexibility index (Phi) is 3.51. The predicted molar refractivity (Wildman–Crippen MR) is 50.2 cm³/mol. The Bertz CT molecular complexity index is 360. The Morgan fingerprint density at radius 3 is 2.47 bits per heavy atom. The third-order valence-corrected chi connectivity index (χ3v) is 3.65. The second-order valence-corrected chi connectivity index (χ2v) is 5.15. The highest BCUT2D eigenvalue weighted by atomic mass is 32.2. The van der Waals surface area contributed by atoms with E-state index in [2.05, 4.69) is 10.5 Å². The van der Waals surface area contributed by atoms with Gasteiger partial charge in [0.25, 0.3) is 0 Å². The lowest BCUT2D eigenvalue weighted by Crippen LogP contribution is -2.34. The highest BCUT2D eigenvalue weighted by Gasteiger charge is 2.36. The zero-order chi connectivity index (χ0) is 11.5. The molecule has 0 aromatic rings. The van der Waals surface area contributed by atoms with Crippen LogP contribution in [0.5, 0.6) is 0 Å². The summed E-state index contributed by atoms with van der Waals surface area (Å²) < 4.78 is 28.7. The molecule has 1 rings (SSSR count). The molecule has 1 saturated carbocycles. The van der Waals surface area contributed by atoms with Crippen LogP contribution >= 0.6 is 0 Å². The number of nitrogens with two attached hydrogens (primary N) is 1. The SMILES string of the molecule is NC(=O)OCCC(=O)NS(=O)(=O)C1CC1. The molecule has 15 heavy (non-hydrogen) atoms. The van der Waals surface area contributed by atoms with Crippen LogP contribution < -0.4 is 10.5 Å². The van der Waals surface area contributed by atoms with Crippen molar-refractivity contribution in [2.45, 2.75) is 24.5 Å². The van der Waals surface area contributed by atoms with E-state index in [1.807, 2.05) is 4.72 Å². The largest absolute Gasteiger partial charge is 0.449 e. The van der Waals surface area contributed by atoms with Crippen molar-refractivity contribution in [1.82, 2.24) is 4.72 Å². The zero-order valence-electron chi connectivity index (χ0n) is 7.93. The van der Waals surface area contributed by atoms with E-state index in [9.17, 15) is 18.0 Å². The van der Waals surface area contributed by atoms with Gasteiger partial charge >= 0.3 is 6.09 Å². The fourth-order valence-corrected chi connectivity index (χ4v) is 2.26. The summed E-state index contributed by atoms with van der Waals surface area (Å²) in [6.45, 7) is -0.221. The summed E-state index contributed by atoms with van der Waals surface area (Å²) in [6, 6.07) is 0. The molecule has 1 fully saturated rings. The maximum Gasteiger partial charge on any atom is 0.404 e. The maximum absolute atomic E-state index is 11.2. The van der Waals surface area contributed by atoms with Crippen LogP contribution in [0.25, 0.3) is 0 Å². The molecule has 0 spiro atoms. The standard InChI is InChI=1S/C7H12N2O5S/c8-7(11)14-4-3-6(10)9-15(12,13)5-1-2-5/h5H,1-4H2,(H2,8,11)(H,9,10). The summed E-state index contributed by atoms with van der Waals surface area (Å²) in [4.78, 5) is 21.2. The molecule has 3 N–H and O–H groups in total. The van der Waals surface area contributed by atoms with Crippen molar-refractivity contribution in [3.8, 4) is 0 Å². The van der Waals surface area contributed by atoms with Crippen molar-refractivity contribution in [3.05, 3.63) is 0 Å². The lowest BCUT2D eigenvalue weighted by Gasteiger charge is -2.05. The summed E-state index contributed by atoms with van der Waals surface area (Å²) in [6.07, 6.45) is -0.0387. The highest BCUT2D eigenvalue weighted by molar-refractivity contribution is 7.90. The number of sulfonamides is 1. The minimum atomic E-state index is -3.51.